The van der Waals surface area contributed by atoms with Gasteiger partial charge in [0.15, 0.2) is 5.75 Å². The first kappa shape index (κ1) is 13.6. The zero-order valence-corrected chi connectivity index (χ0v) is 10.9. The molecule has 0 saturated carbocycles. The van der Waals surface area contributed by atoms with Crippen LogP contribution >= 0.6 is 0 Å². The summed E-state index contributed by atoms with van der Waals surface area (Å²) in [5.74, 6) is 0.236. The Labute approximate surface area is 115 Å². The number of rotatable bonds is 6. The Morgan fingerprint density at radius 1 is 1.60 bits per heavy atom. The molecule has 0 spiro atoms. The van der Waals surface area contributed by atoms with Gasteiger partial charge in [-0.05, 0) is 12.1 Å². The molecule has 1 N–H and O–H groups in total. The molecule has 2 rings (SSSR count). The zero-order chi connectivity index (χ0) is 14.5. The smallest absolute Gasteiger partial charge is 0.312 e. The molecular formula is C13H14N4O3. The van der Waals surface area contributed by atoms with Gasteiger partial charge < -0.3 is 10.1 Å². The fourth-order valence-corrected chi connectivity index (χ4v) is 1.72. The van der Waals surface area contributed by atoms with Gasteiger partial charge in [-0.1, -0.05) is 6.58 Å². The number of nitro groups is 1. The molecule has 0 bridgehead atoms. The largest absolute Gasteiger partial charge is 0.490 e. The van der Waals surface area contributed by atoms with Crippen molar-refractivity contribution in [2.45, 2.75) is 6.54 Å². The van der Waals surface area contributed by atoms with Crippen LogP contribution in [0.1, 0.15) is 5.56 Å². The Kier molecular flexibility index (Phi) is 3.99. The van der Waals surface area contributed by atoms with Crippen molar-refractivity contribution in [2.24, 2.45) is 0 Å². The van der Waals surface area contributed by atoms with Crippen molar-refractivity contribution in [3.63, 3.8) is 0 Å². The van der Waals surface area contributed by atoms with Crippen molar-refractivity contribution < 1.29 is 9.66 Å². The van der Waals surface area contributed by atoms with Gasteiger partial charge in [0.25, 0.3) is 0 Å². The van der Waals surface area contributed by atoms with E-state index < -0.39 is 4.92 Å². The highest BCUT2D eigenvalue weighted by Crippen LogP contribution is 2.29. The minimum atomic E-state index is -0.472. The molecule has 0 aliphatic heterocycles. The van der Waals surface area contributed by atoms with Crippen LogP contribution in [0.2, 0.25) is 0 Å². The number of nitrogens with zero attached hydrogens (tertiary/aromatic N) is 3. The lowest BCUT2D eigenvalue weighted by atomic mass is 10.2. The lowest BCUT2D eigenvalue weighted by Crippen LogP contribution is -2.00. The predicted molar refractivity (Wildman–Crippen MR) is 75.6 cm³/mol. The number of hydrogen-bond acceptors (Lipinski definition) is 5. The minimum absolute atomic E-state index is 0.0701. The number of ether oxygens (including phenoxy) is 1. The molecule has 7 nitrogen and oxygen atoms in total. The van der Waals surface area contributed by atoms with Gasteiger partial charge in [0.1, 0.15) is 0 Å². The second-order valence-electron chi connectivity index (χ2n) is 4.01. The highest BCUT2D eigenvalue weighted by atomic mass is 16.6. The summed E-state index contributed by atoms with van der Waals surface area (Å²) >= 11 is 0. The number of nitro benzene ring substituents is 1. The number of anilines is 1. The van der Waals surface area contributed by atoms with Crippen LogP contribution in [0.25, 0.3) is 6.20 Å². The molecule has 2 aromatic rings. The number of methoxy groups -OCH3 is 1. The van der Waals surface area contributed by atoms with E-state index in [1.54, 1.807) is 29.2 Å². The average molecular weight is 274 g/mol. The van der Waals surface area contributed by atoms with E-state index in [2.05, 4.69) is 17.0 Å². The van der Waals surface area contributed by atoms with Crippen LogP contribution < -0.4 is 10.1 Å². The van der Waals surface area contributed by atoms with Crippen molar-refractivity contribution in [2.75, 3.05) is 12.4 Å². The van der Waals surface area contributed by atoms with E-state index in [1.165, 1.54) is 13.2 Å². The molecule has 1 aromatic heterocycles. The summed E-state index contributed by atoms with van der Waals surface area (Å²) in [7, 11) is 1.40. The lowest BCUT2D eigenvalue weighted by Gasteiger charge is -2.07. The first-order valence-electron chi connectivity index (χ1n) is 5.86. The third-order valence-electron chi connectivity index (χ3n) is 2.71. The number of aromatic nitrogens is 2. The molecule has 0 radical (unpaired) electrons. The first-order valence-corrected chi connectivity index (χ1v) is 5.86. The summed E-state index contributed by atoms with van der Waals surface area (Å²) in [4.78, 5) is 10.5. The van der Waals surface area contributed by atoms with Crippen LogP contribution in [0, 0.1) is 10.1 Å². The number of nitrogens with one attached hydrogen (secondary N) is 1. The molecule has 7 heteroatoms. The molecule has 0 aliphatic carbocycles. The number of hydrogen-bond donors (Lipinski definition) is 1. The summed E-state index contributed by atoms with van der Waals surface area (Å²) in [5.41, 5.74) is 1.52. The second-order valence-corrected chi connectivity index (χ2v) is 4.01. The Morgan fingerprint density at radius 2 is 2.40 bits per heavy atom. The molecular weight excluding hydrogens is 260 g/mol. The van der Waals surface area contributed by atoms with E-state index in [9.17, 15) is 10.1 Å². The molecule has 0 fully saturated rings. The van der Waals surface area contributed by atoms with Crippen LogP contribution in [0.4, 0.5) is 11.4 Å². The first-order chi connectivity index (χ1) is 9.63. The van der Waals surface area contributed by atoms with Crippen LogP contribution in [0.15, 0.2) is 37.2 Å². The van der Waals surface area contributed by atoms with Crippen LogP contribution in [0.5, 0.6) is 5.75 Å². The van der Waals surface area contributed by atoms with Crippen LogP contribution in [-0.4, -0.2) is 21.8 Å². The minimum Gasteiger partial charge on any atom is -0.490 e. The van der Waals surface area contributed by atoms with Gasteiger partial charge in [-0.2, -0.15) is 5.10 Å². The highest BCUT2D eigenvalue weighted by Gasteiger charge is 2.14. The van der Waals surface area contributed by atoms with Crippen molar-refractivity contribution in [1.82, 2.24) is 9.78 Å². The summed E-state index contributed by atoms with van der Waals surface area (Å²) in [6.45, 7) is 4.12. The quantitative estimate of drug-likeness (QED) is 0.646. The highest BCUT2D eigenvalue weighted by molar-refractivity contribution is 5.58. The van der Waals surface area contributed by atoms with Crippen LogP contribution in [-0.2, 0) is 6.54 Å². The van der Waals surface area contributed by atoms with Gasteiger partial charge in [-0.3, -0.25) is 10.1 Å². The van der Waals surface area contributed by atoms with Gasteiger partial charge >= 0.3 is 5.69 Å². The topological polar surface area (TPSA) is 82.2 Å². The molecule has 1 heterocycles. The number of benzene rings is 1. The zero-order valence-electron chi connectivity index (χ0n) is 10.9. The standard InChI is InChI=1S/C13H14N4O3/c1-3-16-9-10(8-15-16)7-14-11-4-5-13(20-2)12(6-11)17(18)19/h3-6,8-9,14H,1,7H2,2H3. The molecule has 104 valence electrons. The maximum Gasteiger partial charge on any atom is 0.312 e. The van der Waals surface area contributed by atoms with Gasteiger partial charge in [0.05, 0.1) is 18.2 Å². The summed E-state index contributed by atoms with van der Waals surface area (Å²) in [6, 6.07) is 4.73. The van der Waals surface area contributed by atoms with Gasteiger partial charge in [-0.15, -0.1) is 0 Å². The van der Waals surface area contributed by atoms with Gasteiger partial charge in [-0.25, -0.2) is 4.68 Å². The Bertz CT molecular complexity index is 636. The third kappa shape index (κ3) is 2.94. The molecule has 0 saturated heterocycles. The van der Waals surface area contributed by atoms with Crippen molar-refractivity contribution in [3.05, 3.63) is 52.8 Å². The fourth-order valence-electron chi connectivity index (χ4n) is 1.72. The van der Waals surface area contributed by atoms with E-state index in [1.807, 2.05) is 6.20 Å². The third-order valence-corrected chi connectivity index (χ3v) is 2.71. The second kappa shape index (κ2) is 5.87. The Morgan fingerprint density at radius 3 is 3.00 bits per heavy atom. The fraction of sp³-hybridized carbons (Fsp3) is 0.154. The lowest BCUT2D eigenvalue weighted by molar-refractivity contribution is -0.385. The van der Waals surface area contributed by atoms with Crippen LogP contribution in [0.3, 0.4) is 0 Å². The normalized spacial score (nSPS) is 10.1. The average Bonchev–Trinajstić information content (AvgIpc) is 2.92. The molecule has 0 aliphatic rings. The van der Waals surface area contributed by atoms with Crippen molar-refractivity contribution >= 4 is 17.6 Å². The summed E-state index contributed by atoms with van der Waals surface area (Å²) in [5, 5.41) is 18.1. The maximum atomic E-state index is 10.9. The van der Waals surface area contributed by atoms with Crippen molar-refractivity contribution in [1.29, 1.82) is 0 Å². The van der Waals surface area contributed by atoms with Gasteiger partial charge in [0, 0.05) is 36.3 Å². The molecule has 20 heavy (non-hydrogen) atoms. The van der Waals surface area contributed by atoms with E-state index in [0.717, 1.165) is 5.56 Å². The maximum absolute atomic E-state index is 10.9. The Hall–Kier alpha value is -2.83. The molecule has 0 amide bonds. The van der Waals surface area contributed by atoms with E-state index >= 15 is 0 Å². The monoisotopic (exact) mass is 274 g/mol. The molecule has 0 unspecified atom stereocenters. The summed E-state index contributed by atoms with van der Waals surface area (Å²) in [6.07, 6.45) is 5.10. The molecule has 1 aromatic carbocycles. The van der Waals surface area contributed by atoms with Gasteiger partial charge in [0.2, 0.25) is 0 Å². The predicted octanol–water partition coefficient (Wildman–Crippen LogP) is 2.51. The Balaban J connectivity index is 2.11. The van der Waals surface area contributed by atoms with E-state index in [4.69, 9.17) is 4.74 Å². The van der Waals surface area contributed by atoms with Crippen molar-refractivity contribution in [3.8, 4) is 5.75 Å². The molecule has 0 atom stereocenters. The summed E-state index contributed by atoms with van der Waals surface area (Å²) < 4.78 is 6.54. The van der Waals surface area contributed by atoms with E-state index in [0.29, 0.717) is 12.2 Å². The SMILES string of the molecule is C=Cn1cc(CNc2ccc(OC)c([N+](=O)[O-])c2)cn1. The van der Waals surface area contributed by atoms with E-state index in [-0.39, 0.29) is 11.4 Å².